The normalized spacial score (nSPS) is 28.7. The van der Waals surface area contributed by atoms with Gasteiger partial charge in [-0.3, -0.25) is 0 Å². The highest BCUT2D eigenvalue weighted by molar-refractivity contribution is 5.59. The molecule has 1 N–H and O–H groups in total. The van der Waals surface area contributed by atoms with Crippen molar-refractivity contribution >= 4 is 5.69 Å². The molecule has 2 nitrogen and oxygen atoms in total. The SMILES string of the molecule is Cc1ccccc1C1C=CC=C(C2=C(Nc3cccc(C4C=CC=C5C6C=CC=CC6OC54)c3)C=CCC2)C1. The summed E-state index contributed by atoms with van der Waals surface area (Å²) in [5.41, 5.74) is 10.7. The molecule has 39 heavy (non-hydrogen) atoms. The number of hydrogen-bond acceptors (Lipinski definition) is 2. The van der Waals surface area contributed by atoms with Crippen molar-refractivity contribution < 1.29 is 4.74 Å². The van der Waals surface area contributed by atoms with Crippen LogP contribution in [0.5, 0.6) is 0 Å². The highest BCUT2D eigenvalue weighted by atomic mass is 16.5. The van der Waals surface area contributed by atoms with Crippen LogP contribution in [0.1, 0.15) is 47.8 Å². The van der Waals surface area contributed by atoms with Crippen LogP contribution >= 0.6 is 0 Å². The molecule has 0 amide bonds. The third kappa shape index (κ3) is 4.64. The van der Waals surface area contributed by atoms with E-state index in [1.807, 2.05) is 0 Å². The first-order chi connectivity index (χ1) is 19.2. The molecule has 1 heterocycles. The molecule has 0 bridgehead atoms. The van der Waals surface area contributed by atoms with Gasteiger partial charge in [-0.25, -0.2) is 0 Å². The van der Waals surface area contributed by atoms with Crippen molar-refractivity contribution in [3.05, 3.63) is 161 Å². The summed E-state index contributed by atoms with van der Waals surface area (Å²) in [6.45, 7) is 2.22. The van der Waals surface area contributed by atoms with Crippen LogP contribution in [0.25, 0.3) is 0 Å². The van der Waals surface area contributed by atoms with E-state index in [2.05, 4.69) is 134 Å². The second-order valence-corrected chi connectivity index (χ2v) is 11.2. The third-order valence-electron chi connectivity index (χ3n) is 8.81. The van der Waals surface area contributed by atoms with Crippen LogP contribution in [0, 0.1) is 12.8 Å². The molecule has 5 unspecified atom stereocenters. The summed E-state index contributed by atoms with van der Waals surface area (Å²) in [7, 11) is 0. The van der Waals surface area contributed by atoms with Gasteiger partial charge in [0.15, 0.2) is 0 Å². The van der Waals surface area contributed by atoms with Crippen molar-refractivity contribution in [1.29, 1.82) is 0 Å². The van der Waals surface area contributed by atoms with Crippen LogP contribution in [-0.2, 0) is 4.74 Å². The molecule has 0 saturated carbocycles. The van der Waals surface area contributed by atoms with Gasteiger partial charge in [0.05, 0.1) is 12.2 Å². The average molecular weight is 510 g/mol. The zero-order chi connectivity index (χ0) is 26.2. The fourth-order valence-corrected chi connectivity index (χ4v) is 6.84. The molecule has 5 atom stereocenters. The number of rotatable bonds is 5. The molecule has 2 aromatic carbocycles. The summed E-state index contributed by atoms with van der Waals surface area (Å²) in [5, 5.41) is 3.81. The van der Waals surface area contributed by atoms with Crippen molar-refractivity contribution in [2.75, 3.05) is 5.32 Å². The number of anilines is 1. The monoisotopic (exact) mass is 509 g/mol. The van der Waals surface area contributed by atoms with Gasteiger partial charge in [-0.1, -0.05) is 103 Å². The van der Waals surface area contributed by atoms with Crippen LogP contribution in [0.4, 0.5) is 5.69 Å². The van der Waals surface area contributed by atoms with Crippen molar-refractivity contribution in [3.63, 3.8) is 0 Å². The predicted octanol–water partition coefficient (Wildman–Crippen LogP) is 8.77. The van der Waals surface area contributed by atoms with E-state index in [1.54, 1.807) is 0 Å². The van der Waals surface area contributed by atoms with E-state index in [9.17, 15) is 0 Å². The van der Waals surface area contributed by atoms with Gasteiger partial charge in [0.2, 0.25) is 0 Å². The van der Waals surface area contributed by atoms with Gasteiger partial charge in [0.1, 0.15) is 0 Å². The van der Waals surface area contributed by atoms with E-state index in [4.69, 9.17) is 4.74 Å². The lowest BCUT2D eigenvalue weighted by molar-refractivity contribution is 0.0642. The Kier molecular flexibility index (Phi) is 6.42. The van der Waals surface area contributed by atoms with Gasteiger partial charge >= 0.3 is 0 Å². The zero-order valence-corrected chi connectivity index (χ0v) is 22.5. The highest BCUT2D eigenvalue weighted by Crippen LogP contribution is 2.45. The minimum atomic E-state index is 0.0922. The van der Waals surface area contributed by atoms with Gasteiger partial charge in [-0.2, -0.15) is 0 Å². The minimum absolute atomic E-state index is 0.0922. The summed E-state index contributed by atoms with van der Waals surface area (Å²) in [4.78, 5) is 0. The number of benzene rings is 2. The molecular formula is C37H35NO. The molecule has 1 aliphatic heterocycles. The molecule has 0 aromatic heterocycles. The van der Waals surface area contributed by atoms with Crippen LogP contribution < -0.4 is 5.32 Å². The summed E-state index contributed by atoms with van der Waals surface area (Å²) in [6.07, 6.45) is 30.5. The summed E-state index contributed by atoms with van der Waals surface area (Å²) >= 11 is 0. The molecule has 2 aromatic rings. The quantitative estimate of drug-likeness (QED) is 0.435. The fraction of sp³-hybridized carbons (Fsp3) is 0.243. The number of allylic oxidation sites excluding steroid dienone is 11. The Bertz CT molecular complexity index is 1520. The van der Waals surface area contributed by atoms with E-state index in [0.29, 0.717) is 11.8 Å². The topological polar surface area (TPSA) is 21.3 Å². The molecule has 7 rings (SSSR count). The van der Waals surface area contributed by atoms with Crippen LogP contribution in [0.2, 0.25) is 0 Å². The Hall–Kier alpha value is -3.88. The van der Waals surface area contributed by atoms with Gasteiger partial charge in [-0.05, 0) is 77.8 Å². The van der Waals surface area contributed by atoms with E-state index < -0.39 is 0 Å². The summed E-state index contributed by atoms with van der Waals surface area (Å²) in [6, 6.07) is 17.7. The first kappa shape index (κ1) is 24.2. The predicted molar refractivity (Wildman–Crippen MR) is 162 cm³/mol. The molecule has 2 heteroatoms. The largest absolute Gasteiger partial charge is 0.365 e. The van der Waals surface area contributed by atoms with Crippen LogP contribution in [0.3, 0.4) is 0 Å². The maximum absolute atomic E-state index is 6.57. The van der Waals surface area contributed by atoms with Crippen molar-refractivity contribution in [1.82, 2.24) is 0 Å². The Morgan fingerprint density at radius 2 is 1.72 bits per heavy atom. The molecule has 0 spiro atoms. The molecule has 194 valence electrons. The second kappa shape index (κ2) is 10.4. The lowest BCUT2D eigenvalue weighted by Gasteiger charge is -2.27. The molecular weight excluding hydrogens is 474 g/mol. The second-order valence-electron chi connectivity index (χ2n) is 11.2. The maximum Gasteiger partial charge on any atom is 0.0906 e. The Morgan fingerprint density at radius 1 is 0.846 bits per heavy atom. The standard InChI is InChI=1S/C37H35NO/c1-25-11-2-3-16-30(25)26-12-8-13-27(23-26)31-17-4-6-21-35(31)38-29-15-9-14-28(24-29)32-19-10-20-34-33-18-5-7-22-36(33)39-37(32)34/h2-3,5-16,18-22,24,26,32-33,36-38H,4,17,23H2,1H3. The number of ether oxygens (including phenoxy) is 1. The van der Waals surface area contributed by atoms with Crippen molar-refractivity contribution in [3.8, 4) is 0 Å². The summed E-state index contributed by atoms with van der Waals surface area (Å²) in [5.74, 6) is 1.00. The first-order valence-corrected chi connectivity index (χ1v) is 14.3. The molecule has 0 radical (unpaired) electrons. The van der Waals surface area contributed by atoms with E-state index in [-0.39, 0.29) is 18.1 Å². The lowest BCUT2D eigenvalue weighted by atomic mass is 9.80. The maximum atomic E-state index is 6.57. The average Bonchev–Trinajstić information content (AvgIpc) is 3.37. The number of aryl methyl sites for hydroxylation is 1. The van der Waals surface area contributed by atoms with Gasteiger partial charge in [-0.15, -0.1) is 0 Å². The minimum Gasteiger partial charge on any atom is -0.365 e. The first-order valence-electron chi connectivity index (χ1n) is 14.3. The number of fused-ring (bicyclic) bond motifs is 3. The smallest absolute Gasteiger partial charge is 0.0906 e. The van der Waals surface area contributed by atoms with Gasteiger partial charge in [0.25, 0.3) is 0 Å². The van der Waals surface area contributed by atoms with Gasteiger partial charge < -0.3 is 10.1 Å². The van der Waals surface area contributed by atoms with Crippen LogP contribution in [0.15, 0.2) is 144 Å². The molecule has 1 fully saturated rings. The van der Waals surface area contributed by atoms with E-state index in [0.717, 1.165) is 24.9 Å². The molecule has 1 saturated heterocycles. The zero-order valence-electron chi connectivity index (χ0n) is 22.5. The third-order valence-corrected chi connectivity index (χ3v) is 8.81. The summed E-state index contributed by atoms with van der Waals surface area (Å²) < 4.78 is 6.57. The highest BCUT2D eigenvalue weighted by Gasteiger charge is 2.42. The number of nitrogens with one attached hydrogen (secondary N) is 1. The Balaban J connectivity index is 1.14. The van der Waals surface area contributed by atoms with Gasteiger partial charge in [0, 0.05) is 29.1 Å². The van der Waals surface area contributed by atoms with E-state index in [1.165, 1.54) is 39.1 Å². The van der Waals surface area contributed by atoms with E-state index >= 15 is 0 Å². The van der Waals surface area contributed by atoms with Crippen LogP contribution in [-0.4, -0.2) is 12.2 Å². The molecule has 5 aliphatic rings. The molecule has 4 aliphatic carbocycles. The Morgan fingerprint density at radius 3 is 2.67 bits per heavy atom. The fourth-order valence-electron chi connectivity index (χ4n) is 6.84. The number of hydrogen-bond donors (Lipinski definition) is 1. The lowest BCUT2D eigenvalue weighted by Crippen LogP contribution is -2.21. The van der Waals surface area contributed by atoms with Crippen molar-refractivity contribution in [2.45, 2.75) is 50.2 Å². The van der Waals surface area contributed by atoms with Crippen molar-refractivity contribution in [2.24, 2.45) is 5.92 Å². The Labute approximate surface area is 232 Å².